The molecule has 1 aromatic rings. The molecular formula is C13H15NO3S. The maximum absolute atomic E-state index is 12.3. The van der Waals surface area contributed by atoms with Gasteiger partial charge in [-0.25, -0.2) is 8.42 Å². The van der Waals surface area contributed by atoms with Gasteiger partial charge in [-0.3, -0.25) is 0 Å². The van der Waals surface area contributed by atoms with Gasteiger partial charge >= 0.3 is 0 Å². The van der Waals surface area contributed by atoms with Crippen molar-refractivity contribution in [1.29, 1.82) is 5.26 Å². The molecule has 1 aliphatic heterocycles. The predicted molar refractivity (Wildman–Crippen MR) is 66.9 cm³/mol. The van der Waals surface area contributed by atoms with Crippen molar-refractivity contribution in [3.63, 3.8) is 0 Å². The normalized spacial score (nSPS) is 18.1. The van der Waals surface area contributed by atoms with Crippen LogP contribution in [0.2, 0.25) is 0 Å². The number of rotatable bonds is 3. The lowest BCUT2D eigenvalue weighted by atomic mass is 10.0. The zero-order valence-electron chi connectivity index (χ0n) is 10.4. The van der Waals surface area contributed by atoms with E-state index in [0.29, 0.717) is 5.92 Å². The van der Waals surface area contributed by atoms with Gasteiger partial charge < -0.3 is 4.74 Å². The first-order valence-corrected chi connectivity index (χ1v) is 7.25. The topological polar surface area (TPSA) is 67.2 Å². The molecule has 0 amide bonds. The first-order valence-electron chi connectivity index (χ1n) is 5.76. The third kappa shape index (κ3) is 1.82. The molecule has 18 heavy (non-hydrogen) atoms. The lowest BCUT2D eigenvalue weighted by Gasteiger charge is -2.34. The number of hydrogen-bond acceptors (Lipinski definition) is 4. The molecular weight excluding hydrogens is 250 g/mol. The molecule has 1 aromatic carbocycles. The molecule has 0 atom stereocenters. The quantitative estimate of drug-likeness (QED) is 0.836. The van der Waals surface area contributed by atoms with E-state index >= 15 is 0 Å². The Bertz CT molecular complexity index is 578. The van der Waals surface area contributed by atoms with Crippen LogP contribution in [0.4, 0.5) is 0 Å². The molecule has 4 nitrogen and oxygen atoms in total. The van der Waals surface area contributed by atoms with Gasteiger partial charge in [0.25, 0.3) is 0 Å². The number of nitriles is 1. The molecule has 96 valence electrons. The van der Waals surface area contributed by atoms with E-state index in [1.807, 2.05) is 19.9 Å². The van der Waals surface area contributed by atoms with Crippen molar-refractivity contribution >= 4 is 9.84 Å². The van der Waals surface area contributed by atoms with E-state index in [2.05, 4.69) is 0 Å². The molecule has 2 rings (SSSR count). The van der Waals surface area contributed by atoms with Gasteiger partial charge in [-0.15, -0.1) is 0 Å². The summed E-state index contributed by atoms with van der Waals surface area (Å²) in [5, 5.41) is 9.07. The monoisotopic (exact) mass is 265 g/mol. The van der Waals surface area contributed by atoms with Crippen molar-refractivity contribution in [1.82, 2.24) is 0 Å². The molecule has 5 heteroatoms. The highest BCUT2D eigenvalue weighted by atomic mass is 32.2. The van der Waals surface area contributed by atoms with E-state index in [1.165, 1.54) is 0 Å². The van der Waals surface area contributed by atoms with E-state index in [-0.39, 0.29) is 18.1 Å². The molecule has 0 unspecified atom stereocenters. The molecule has 1 saturated heterocycles. The highest BCUT2D eigenvalue weighted by molar-refractivity contribution is 7.93. The van der Waals surface area contributed by atoms with Gasteiger partial charge in [-0.05, 0) is 23.6 Å². The van der Waals surface area contributed by atoms with Gasteiger partial charge in [0.15, 0.2) is 0 Å². The van der Waals surface area contributed by atoms with E-state index < -0.39 is 14.6 Å². The standard InChI is InChI=1S/C13H15NO3S/c1-10(2)11-3-5-12(6-4-11)18(15,16)13(7-14)8-17-9-13/h3-6,10H,8-9H2,1-2H3. The van der Waals surface area contributed by atoms with Crippen LogP contribution in [-0.4, -0.2) is 26.4 Å². The molecule has 0 aliphatic carbocycles. The Hall–Kier alpha value is -1.38. The third-order valence-electron chi connectivity index (χ3n) is 3.25. The van der Waals surface area contributed by atoms with Gasteiger partial charge in [0.1, 0.15) is 0 Å². The molecule has 0 spiro atoms. The molecule has 0 bridgehead atoms. The zero-order chi connectivity index (χ0) is 13.4. The molecule has 1 aliphatic rings. The van der Waals surface area contributed by atoms with Crippen LogP contribution < -0.4 is 0 Å². The second-order valence-corrected chi connectivity index (χ2v) is 7.09. The Morgan fingerprint density at radius 3 is 2.17 bits per heavy atom. The van der Waals surface area contributed by atoms with Gasteiger partial charge in [0, 0.05) is 0 Å². The number of benzene rings is 1. The molecule has 0 saturated carbocycles. The summed E-state index contributed by atoms with van der Waals surface area (Å²) in [7, 11) is -3.64. The number of nitrogens with zero attached hydrogens (tertiary/aromatic N) is 1. The van der Waals surface area contributed by atoms with Crippen LogP contribution in [0.5, 0.6) is 0 Å². The van der Waals surface area contributed by atoms with Crippen LogP contribution in [0.1, 0.15) is 25.3 Å². The summed E-state index contributed by atoms with van der Waals surface area (Å²) in [6.07, 6.45) is 0. The largest absolute Gasteiger partial charge is 0.376 e. The van der Waals surface area contributed by atoms with E-state index in [0.717, 1.165) is 5.56 Å². The summed E-state index contributed by atoms with van der Waals surface area (Å²) < 4.78 is 28.2. The van der Waals surface area contributed by atoms with Gasteiger partial charge in [-0.1, -0.05) is 26.0 Å². The van der Waals surface area contributed by atoms with Gasteiger partial charge in [-0.2, -0.15) is 5.26 Å². The van der Waals surface area contributed by atoms with Crippen LogP contribution in [0.25, 0.3) is 0 Å². The van der Waals surface area contributed by atoms with Crippen LogP contribution in [0, 0.1) is 11.3 Å². The molecule has 0 radical (unpaired) electrons. The number of sulfone groups is 1. The van der Waals surface area contributed by atoms with E-state index in [1.54, 1.807) is 24.3 Å². The summed E-state index contributed by atoms with van der Waals surface area (Å²) >= 11 is 0. The third-order valence-corrected chi connectivity index (χ3v) is 5.49. The van der Waals surface area contributed by atoms with Crippen molar-refractivity contribution < 1.29 is 13.2 Å². The van der Waals surface area contributed by atoms with Crippen LogP contribution in [0.3, 0.4) is 0 Å². The first kappa shape index (κ1) is 13.1. The number of hydrogen-bond donors (Lipinski definition) is 0. The Morgan fingerprint density at radius 1 is 1.28 bits per heavy atom. The lowest BCUT2D eigenvalue weighted by Crippen LogP contribution is -2.54. The average Bonchev–Trinajstić information content (AvgIpc) is 2.28. The zero-order valence-corrected chi connectivity index (χ0v) is 11.2. The van der Waals surface area contributed by atoms with E-state index in [4.69, 9.17) is 10.00 Å². The fourth-order valence-corrected chi connectivity index (χ4v) is 3.37. The minimum Gasteiger partial charge on any atom is -0.376 e. The maximum atomic E-state index is 12.3. The maximum Gasteiger partial charge on any atom is 0.208 e. The fraction of sp³-hybridized carbons (Fsp3) is 0.462. The minimum absolute atomic E-state index is 0.0439. The Morgan fingerprint density at radius 2 is 1.83 bits per heavy atom. The average molecular weight is 265 g/mol. The summed E-state index contributed by atoms with van der Waals surface area (Å²) in [5.41, 5.74) is 1.07. The molecule has 1 heterocycles. The minimum atomic E-state index is -3.64. The summed E-state index contributed by atoms with van der Waals surface area (Å²) in [6.45, 7) is 4.00. The SMILES string of the molecule is CC(C)c1ccc(S(=O)(=O)C2(C#N)COC2)cc1. The molecule has 1 fully saturated rings. The van der Waals surface area contributed by atoms with E-state index in [9.17, 15) is 8.42 Å². The van der Waals surface area contributed by atoms with Crippen LogP contribution >= 0.6 is 0 Å². The second-order valence-electron chi connectivity index (χ2n) is 4.83. The Labute approximate surface area is 107 Å². The Kier molecular flexibility index (Phi) is 3.18. The van der Waals surface area contributed by atoms with Crippen LogP contribution in [0.15, 0.2) is 29.2 Å². The summed E-state index contributed by atoms with van der Waals surface area (Å²) in [6, 6.07) is 8.61. The van der Waals surface area contributed by atoms with Crippen molar-refractivity contribution in [2.24, 2.45) is 0 Å². The Balaban J connectivity index is 2.40. The summed E-state index contributed by atoms with van der Waals surface area (Å²) in [5.74, 6) is 0.346. The predicted octanol–water partition coefficient (Wildman–Crippen LogP) is 1.88. The van der Waals surface area contributed by atoms with Crippen molar-refractivity contribution in [2.45, 2.75) is 29.4 Å². The lowest BCUT2D eigenvalue weighted by molar-refractivity contribution is 0.0115. The highest BCUT2D eigenvalue weighted by Gasteiger charge is 2.52. The molecule has 0 aromatic heterocycles. The van der Waals surface area contributed by atoms with Gasteiger partial charge in [0.05, 0.1) is 24.2 Å². The van der Waals surface area contributed by atoms with Gasteiger partial charge in [0.2, 0.25) is 14.6 Å². The smallest absolute Gasteiger partial charge is 0.208 e. The first-order chi connectivity index (χ1) is 8.43. The highest BCUT2D eigenvalue weighted by Crippen LogP contribution is 2.32. The fourth-order valence-electron chi connectivity index (χ4n) is 1.82. The van der Waals surface area contributed by atoms with Crippen LogP contribution in [-0.2, 0) is 14.6 Å². The van der Waals surface area contributed by atoms with Crippen molar-refractivity contribution in [3.8, 4) is 6.07 Å². The second kappa shape index (κ2) is 4.38. The van der Waals surface area contributed by atoms with Crippen molar-refractivity contribution in [2.75, 3.05) is 13.2 Å². The summed E-state index contributed by atoms with van der Waals surface area (Å²) in [4.78, 5) is 0.191. The molecule has 0 N–H and O–H groups in total. The van der Waals surface area contributed by atoms with Crippen molar-refractivity contribution in [3.05, 3.63) is 29.8 Å². The number of ether oxygens (including phenoxy) is 1.